The highest BCUT2D eigenvalue weighted by atomic mass is 79.9. The lowest BCUT2D eigenvalue weighted by Crippen LogP contribution is -2.32. The lowest BCUT2D eigenvalue weighted by Gasteiger charge is -2.18. The number of carbonyl (C=O) groups is 2. The summed E-state index contributed by atoms with van der Waals surface area (Å²) in [5.41, 5.74) is 4.97. The van der Waals surface area contributed by atoms with Crippen LogP contribution in [-0.4, -0.2) is 28.8 Å². The third kappa shape index (κ3) is 4.21. The molecule has 1 atom stereocenters. The predicted molar refractivity (Wildman–Crippen MR) is 115 cm³/mol. The molecule has 2 N–H and O–H groups in total. The zero-order valence-corrected chi connectivity index (χ0v) is 17.5. The summed E-state index contributed by atoms with van der Waals surface area (Å²) in [4.78, 5) is 27.9. The number of aliphatic carboxylic acids is 1. The van der Waals surface area contributed by atoms with Gasteiger partial charge in [0, 0.05) is 16.6 Å². The van der Waals surface area contributed by atoms with Crippen LogP contribution in [0.5, 0.6) is 0 Å². The minimum absolute atomic E-state index is 0.0631. The van der Waals surface area contributed by atoms with E-state index < -0.39 is 18.1 Å². The molecule has 0 spiro atoms. The van der Waals surface area contributed by atoms with Gasteiger partial charge >= 0.3 is 12.1 Å². The van der Waals surface area contributed by atoms with Gasteiger partial charge in [0.2, 0.25) is 0 Å². The molecule has 0 unspecified atom stereocenters. The molecule has 3 aromatic rings. The van der Waals surface area contributed by atoms with Gasteiger partial charge in [-0.05, 0) is 50.3 Å². The van der Waals surface area contributed by atoms with Gasteiger partial charge in [-0.1, -0.05) is 48.5 Å². The van der Waals surface area contributed by atoms with Crippen molar-refractivity contribution in [2.75, 3.05) is 6.61 Å². The summed E-state index contributed by atoms with van der Waals surface area (Å²) in [5.74, 6) is -1.10. The predicted octanol–water partition coefficient (Wildman–Crippen LogP) is 4.90. The largest absolute Gasteiger partial charge is 0.481 e. The van der Waals surface area contributed by atoms with Crippen molar-refractivity contribution in [1.29, 1.82) is 0 Å². The number of nitrogens with one attached hydrogen (secondary N) is 1. The highest BCUT2D eigenvalue weighted by molar-refractivity contribution is 9.10. The molecular formula is C23H19BrN2O4. The van der Waals surface area contributed by atoms with E-state index in [4.69, 9.17) is 4.74 Å². The van der Waals surface area contributed by atoms with Crippen molar-refractivity contribution in [3.05, 3.63) is 88.2 Å². The minimum atomic E-state index is -1.04. The molecule has 0 aliphatic heterocycles. The number of halogens is 1. The molecule has 0 saturated carbocycles. The van der Waals surface area contributed by atoms with Crippen molar-refractivity contribution >= 4 is 28.0 Å². The third-order valence-corrected chi connectivity index (χ3v) is 5.59. The van der Waals surface area contributed by atoms with Crippen LogP contribution in [0.3, 0.4) is 0 Å². The zero-order chi connectivity index (χ0) is 21.1. The van der Waals surface area contributed by atoms with Gasteiger partial charge in [-0.25, -0.2) is 4.79 Å². The van der Waals surface area contributed by atoms with Crippen LogP contribution in [0, 0.1) is 0 Å². The number of hydrogen-bond donors (Lipinski definition) is 2. The summed E-state index contributed by atoms with van der Waals surface area (Å²) in [6, 6.07) is 18.8. The highest BCUT2D eigenvalue weighted by Crippen LogP contribution is 2.44. The smallest absolute Gasteiger partial charge is 0.407 e. The first-order valence-electron chi connectivity index (χ1n) is 9.47. The zero-order valence-electron chi connectivity index (χ0n) is 15.9. The molecule has 0 saturated heterocycles. The number of ether oxygens (including phenoxy) is 1. The van der Waals surface area contributed by atoms with E-state index in [1.165, 1.54) is 0 Å². The maximum absolute atomic E-state index is 12.5. The van der Waals surface area contributed by atoms with Crippen LogP contribution in [0.4, 0.5) is 4.79 Å². The standard InChI is InChI=1S/C23H19BrN2O4/c24-14-9-10-20(25-12-14)21(11-22(27)28)26-23(29)30-13-19-17-7-3-1-5-15(17)16-6-2-4-8-18(16)19/h1-10,12,19,21H,11,13H2,(H,26,29)(H,27,28)/t21-/m0/s1. The number of pyridine rings is 1. The monoisotopic (exact) mass is 466 g/mol. The fraction of sp³-hybridized carbons (Fsp3) is 0.174. The van der Waals surface area contributed by atoms with Crippen LogP contribution >= 0.6 is 15.9 Å². The number of benzene rings is 2. The number of alkyl carbamates (subject to hydrolysis) is 1. The Bertz CT molecular complexity index is 1040. The van der Waals surface area contributed by atoms with Crippen molar-refractivity contribution in [2.45, 2.75) is 18.4 Å². The van der Waals surface area contributed by atoms with Crippen molar-refractivity contribution < 1.29 is 19.4 Å². The van der Waals surface area contributed by atoms with Crippen LogP contribution in [0.15, 0.2) is 71.3 Å². The highest BCUT2D eigenvalue weighted by Gasteiger charge is 2.29. The molecule has 1 aromatic heterocycles. The van der Waals surface area contributed by atoms with Crippen molar-refractivity contribution in [3.63, 3.8) is 0 Å². The van der Waals surface area contributed by atoms with Gasteiger partial charge in [-0.2, -0.15) is 0 Å². The number of nitrogens with zero attached hydrogens (tertiary/aromatic N) is 1. The second kappa shape index (κ2) is 8.67. The number of carbonyl (C=O) groups excluding carboxylic acids is 1. The number of fused-ring (bicyclic) bond motifs is 3. The van der Waals surface area contributed by atoms with Crippen LogP contribution in [0.2, 0.25) is 0 Å². The number of aromatic nitrogens is 1. The molecule has 0 radical (unpaired) electrons. The first-order valence-corrected chi connectivity index (χ1v) is 10.3. The Labute approximate surface area is 182 Å². The van der Waals surface area contributed by atoms with E-state index in [-0.39, 0.29) is 18.9 Å². The van der Waals surface area contributed by atoms with E-state index in [0.717, 1.165) is 26.7 Å². The second-order valence-corrected chi connectivity index (χ2v) is 7.94. The molecule has 1 aliphatic rings. The normalized spacial score (nSPS) is 13.2. The van der Waals surface area contributed by atoms with E-state index in [2.05, 4.69) is 38.4 Å². The molecule has 4 rings (SSSR count). The molecule has 1 heterocycles. The topological polar surface area (TPSA) is 88.5 Å². The summed E-state index contributed by atoms with van der Waals surface area (Å²) < 4.78 is 6.28. The van der Waals surface area contributed by atoms with E-state index >= 15 is 0 Å². The van der Waals surface area contributed by atoms with Gasteiger partial charge in [-0.15, -0.1) is 0 Å². The molecule has 0 bridgehead atoms. The molecule has 0 fully saturated rings. The average molecular weight is 467 g/mol. The minimum Gasteiger partial charge on any atom is -0.481 e. The van der Waals surface area contributed by atoms with Crippen LogP contribution in [0.1, 0.15) is 35.2 Å². The maximum Gasteiger partial charge on any atom is 0.407 e. The van der Waals surface area contributed by atoms with E-state index in [1.807, 2.05) is 36.4 Å². The molecular weight excluding hydrogens is 448 g/mol. The Balaban J connectivity index is 1.47. The first-order chi connectivity index (χ1) is 14.5. The second-order valence-electron chi connectivity index (χ2n) is 7.02. The Morgan fingerprint density at radius 3 is 2.23 bits per heavy atom. The van der Waals surface area contributed by atoms with E-state index in [1.54, 1.807) is 18.3 Å². The van der Waals surface area contributed by atoms with Crippen LogP contribution in [-0.2, 0) is 9.53 Å². The number of amides is 1. The number of hydrogen-bond acceptors (Lipinski definition) is 4. The quantitative estimate of drug-likeness (QED) is 0.539. The van der Waals surface area contributed by atoms with Gasteiger partial charge in [0.25, 0.3) is 0 Å². The lowest BCUT2D eigenvalue weighted by atomic mass is 9.98. The Morgan fingerprint density at radius 2 is 1.67 bits per heavy atom. The van der Waals surface area contributed by atoms with Crippen LogP contribution < -0.4 is 5.32 Å². The number of carboxylic acids is 1. The summed E-state index contributed by atoms with van der Waals surface area (Å²) >= 11 is 3.29. The van der Waals surface area contributed by atoms with Crippen molar-refractivity contribution in [1.82, 2.24) is 10.3 Å². The van der Waals surface area contributed by atoms with E-state index in [9.17, 15) is 14.7 Å². The summed E-state index contributed by atoms with van der Waals surface area (Å²) in [7, 11) is 0. The molecule has 6 nitrogen and oxygen atoms in total. The lowest BCUT2D eigenvalue weighted by molar-refractivity contribution is -0.137. The van der Waals surface area contributed by atoms with E-state index in [0.29, 0.717) is 5.69 Å². The van der Waals surface area contributed by atoms with Gasteiger partial charge in [0.15, 0.2) is 0 Å². The molecule has 2 aromatic carbocycles. The van der Waals surface area contributed by atoms with Gasteiger partial charge in [0.1, 0.15) is 6.61 Å². The molecule has 7 heteroatoms. The Morgan fingerprint density at radius 1 is 1.03 bits per heavy atom. The first kappa shape index (κ1) is 20.1. The molecule has 152 valence electrons. The fourth-order valence-electron chi connectivity index (χ4n) is 3.78. The maximum atomic E-state index is 12.5. The third-order valence-electron chi connectivity index (χ3n) is 5.12. The fourth-order valence-corrected chi connectivity index (χ4v) is 4.01. The summed E-state index contributed by atoms with van der Waals surface area (Å²) in [5, 5.41) is 11.8. The Hall–Kier alpha value is -3.19. The molecule has 30 heavy (non-hydrogen) atoms. The Kier molecular flexibility index (Phi) is 5.81. The number of carboxylic acid groups (broad SMARTS) is 1. The molecule has 1 amide bonds. The summed E-state index contributed by atoms with van der Waals surface area (Å²) in [6.45, 7) is 0.160. The van der Waals surface area contributed by atoms with Crippen LogP contribution in [0.25, 0.3) is 11.1 Å². The van der Waals surface area contributed by atoms with Gasteiger partial charge in [0.05, 0.1) is 18.2 Å². The molecule has 1 aliphatic carbocycles. The van der Waals surface area contributed by atoms with Gasteiger partial charge < -0.3 is 15.2 Å². The number of rotatable bonds is 6. The van der Waals surface area contributed by atoms with Crippen molar-refractivity contribution in [3.8, 4) is 11.1 Å². The van der Waals surface area contributed by atoms with Crippen molar-refractivity contribution in [2.24, 2.45) is 0 Å². The average Bonchev–Trinajstić information content (AvgIpc) is 3.06. The SMILES string of the molecule is O=C(O)C[C@H](NC(=O)OCC1c2ccccc2-c2ccccc21)c1ccc(Br)cn1. The summed E-state index contributed by atoms with van der Waals surface area (Å²) in [6.07, 6.45) is 0.593. The van der Waals surface area contributed by atoms with Gasteiger partial charge in [-0.3, -0.25) is 9.78 Å².